The maximum Gasteiger partial charge on any atom is 0.314 e. The second kappa shape index (κ2) is 5.36. The first kappa shape index (κ1) is 13.5. The Hall–Kier alpha value is -1.95. The average Bonchev–Trinajstić information content (AvgIpc) is 2.34. The molecule has 2 aromatic rings. The molecule has 0 N–H and O–H groups in total. The molecular weight excluding hydrogens is 317 g/mol. The number of halogens is 2. The predicted octanol–water partition coefficient (Wildman–Crippen LogP) is 4.60. The Bertz CT molecular complexity index is 646. The number of hydrogen-bond acceptors (Lipinski definition) is 3. The first-order chi connectivity index (χ1) is 8.97. The van der Waals surface area contributed by atoms with E-state index in [-0.39, 0.29) is 5.75 Å². The Kier molecular flexibility index (Phi) is 3.80. The molecule has 19 heavy (non-hydrogen) atoms. The van der Waals surface area contributed by atoms with Crippen molar-refractivity contribution < 1.29 is 14.1 Å². The van der Waals surface area contributed by atoms with Crippen LogP contribution >= 0.6 is 15.9 Å². The summed E-state index contributed by atoms with van der Waals surface area (Å²) >= 11 is 3.32. The van der Waals surface area contributed by atoms with Crippen LogP contribution in [0.3, 0.4) is 0 Å². The summed E-state index contributed by atoms with van der Waals surface area (Å²) in [5.41, 5.74) is 0.412. The van der Waals surface area contributed by atoms with Crippen molar-refractivity contribution >= 4 is 21.6 Å². The molecular formula is C13H9BrFNO3. The Morgan fingerprint density at radius 3 is 2.53 bits per heavy atom. The second-order valence-corrected chi connectivity index (χ2v) is 4.80. The van der Waals surface area contributed by atoms with Gasteiger partial charge < -0.3 is 4.74 Å². The molecule has 0 fully saturated rings. The maximum atomic E-state index is 13.0. The van der Waals surface area contributed by atoms with Crippen molar-refractivity contribution in [3.05, 3.63) is 62.4 Å². The van der Waals surface area contributed by atoms with Gasteiger partial charge in [-0.05, 0) is 42.8 Å². The molecule has 0 amide bonds. The predicted molar refractivity (Wildman–Crippen MR) is 72.0 cm³/mol. The fraction of sp³-hybridized carbons (Fsp3) is 0.0769. The lowest BCUT2D eigenvalue weighted by atomic mass is 10.2. The molecule has 0 atom stereocenters. The molecule has 0 spiro atoms. The SMILES string of the molecule is Cc1cc(Br)ccc1Oc1ccc(F)cc1[N+](=O)[O-]. The molecule has 0 aliphatic carbocycles. The summed E-state index contributed by atoms with van der Waals surface area (Å²) in [5.74, 6) is -0.179. The third-order valence-corrected chi connectivity index (χ3v) is 2.97. The fourth-order valence-electron chi connectivity index (χ4n) is 1.57. The maximum absolute atomic E-state index is 13.0. The van der Waals surface area contributed by atoms with E-state index in [0.29, 0.717) is 5.75 Å². The third kappa shape index (κ3) is 3.08. The van der Waals surface area contributed by atoms with E-state index in [9.17, 15) is 14.5 Å². The zero-order valence-electron chi connectivity index (χ0n) is 9.89. The summed E-state index contributed by atoms with van der Waals surface area (Å²) in [4.78, 5) is 10.2. The van der Waals surface area contributed by atoms with Crippen LogP contribution < -0.4 is 4.74 Å². The van der Waals surface area contributed by atoms with Gasteiger partial charge in [-0.1, -0.05) is 15.9 Å². The summed E-state index contributed by atoms with van der Waals surface area (Å²) in [7, 11) is 0. The monoisotopic (exact) mass is 325 g/mol. The van der Waals surface area contributed by atoms with Crippen LogP contribution in [0.1, 0.15) is 5.56 Å². The summed E-state index contributed by atoms with van der Waals surface area (Å²) in [5, 5.41) is 10.9. The Balaban J connectivity index is 2.40. The lowest BCUT2D eigenvalue weighted by Gasteiger charge is -2.09. The molecule has 2 rings (SSSR count). The van der Waals surface area contributed by atoms with Crippen LogP contribution in [0, 0.1) is 22.9 Å². The lowest BCUT2D eigenvalue weighted by Crippen LogP contribution is -1.95. The molecule has 0 aliphatic heterocycles. The van der Waals surface area contributed by atoms with Gasteiger partial charge in [0.25, 0.3) is 0 Å². The summed E-state index contributed by atoms with van der Waals surface area (Å²) in [6, 6.07) is 8.48. The number of nitro groups is 1. The van der Waals surface area contributed by atoms with E-state index >= 15 is 0 Å². The highest BCUT2D eigenvalue weighted by atomic mass is 79.9. The normalized spacial score (nSPS) is 10.3. The number of ether oxygens (including phenoxy) is 1. The van der Waals surface area contributed by atoms with Crippen LogP contribution in [-0.4, -0.2) is 4.92 Å². The fourth-order valence-corrected chi connectivity index (χ4v) is 2.04. The average molecular weight is 326 g/mol. The molecule has 4 nitrogen and oxygen atoms in total. The Morgan fingerprint density at radius 1 is 1.21 bits per heavy atom. The Morgan fingerprint density at radius 2 is 1.89 bits per heavy atom. The number of nitrogens with zero attached hydrogens (tertiary/aromatic N) is 1. The molecule has 0 aromatic heterocycles. The van der Waals surface area contributed by atoms with Crippen molar-refractivity contribution in [2.45, 2.75) is 6.92 Å². The van der Waals surface area contributed by atoms with E-state index in [0.717, 1.165) is 22.2 Å². The molecule has 0 saturated carbocycles. The van der Waals surface area contributed by atoms with Crippen molar-refractivity contribution in [1.29, 1.82) is 0 Å². The van der Waals surface area contributed by atoms with Gasteiger partial charge in [-0.2, -0.15) is 0 Å². The number of nitro benzene ring substituents is 1. The van der Waals surface area contributed by atoms with Gasteiger partial charge in [-0.25, -0.2) is 4.39 Å². The second-order valence-electron chi connectivity index (χ2n) is 3.88. The molecule has 2 aromatic carbocycles. The van der Waals surface area contributed by atoms with Gasteiger partial charge >= 0.3 is 5.69 Å². The van der Waals surface area contributed by atoms with E-state index in [1.807, 2.05) is 13.0 Å². The van der Waals surface area contributed by atoms with E-state index < -0.39 is 16.4 Å². The summed E-state index contributed by atoms with van der Waals surface area (Å²) in [6.07, 6.45) is 0. The summed E-state index contributed by atoms with van der Waals surface area (Å²) < 4.78 is 19.4. The topological polar surface area (TPSA) is 52.4 Å². The highest BCUT2D eigenvalue weighted by Gasteiger charge is 2.17. The highest BCUT2D eigenvalue weighted by Crippen LogP contribution is 2.34. The minimum absolute atomic E-state index is 0.0109. The molecule has 98 valence electrons. The third-order valence-electron chi connectivity index (χ3n) is 2.47. The van der Waals surface area contributed by atoms with Crippen molar-refractivity contribution in [1.82, 2.24) is 0 Å². The summed E-state index contributed by atoms with van der Waals surface area (Å²) in [6.45, 7) is 1.81. The van der Waals surface area contributed by atoms with Crippen LogP contribution in [-0.2, 0) is 0 Å². The van der Waals surface area contributed by atoms with E-state index in [2.05, 4.69) is 15.9 Å². The first-order valence-electron chi connectivity index (χ1n) is 5.35. The van der Waals surface area contributed by atoms with Gasteiger partial charge in [-0.3, -0.25) is 10.1 Å². The van der Waals surface area contributed by atoms with Gasteiger partial charge in [0.1, 0.15) is 11.6 Å². The van der Waals surface area contributed by atoms with Gasteiger partial charge in [0.2, 0.25) is 5.75 Å². The molecule has 0 saturated heterocycles. The quantitative estimate of drug-likeness (QED) is 0.612. The lowest BCUT2D eigenvalue weighted by molar-refractivity contribution is -0.385. The van der Waals surface area contributed by atoms with Gasteiger partial charge in [0.05, 0.1) is 11.0 Å². The van der Waals surface area contributed by atoms with Crippen molar-refractivity contribution in [2.75, 3.05) is 0 Å². The minimum atomic E-state index is -0.674. The molecule has 6 heteroatoms. The van der Waals surface area contributed by atoms with E-state index in [1.54, 1.807) is 12.1 Å². The van der Waals surface area contributed by atoms with Crippen molar-refractivity contribution in [3.8, 4) is 11.5 Å². The van der Waals surface area contributed by atoms with E-state index in [1.165, 1.54) is 6.07 Å². The van der Waals surface area contributed by atoms with Crippen LogP contribution in [0.25, 0.3) is 0 Å². The van der Waals surface area contributed by atoms with E-state index in [4.69, 9.17) is 4.74 Å². The smallest absolute Gasteiger partial charge is 0.314 e. The van der Waals surface area contributed by atoms with Crippen molar-refractivity contribution in [2.24, 2.45) is 0 Å². The number of hydrogen-bond donors (Lipinski definition) is 0. The molecule has 0 heterocycles. The molecule has 0 unspecified atom stereocenters. The van der Waals surface area contributed by atoms with Crippen molar-refractivity contribution in [3.63, 3.8) is 0 Å². The van der Waals surface area contributed by atoms with Crippen LogP contribution in [0.5, 0.6) is 11.5 Å². The minimum Gasteiger partial charge on any atom is -0.450 e. The van der Waals surface area contributed by atoms with Gasteiger partial charge in [0, 0.05) is 4.47 Å². The standard InChI is InChI=1S/C13H9BrFNO3/c1-8-6-9(14)2-4-12(8)19-13-5-3-10(15)7-11(13)16(17)18/h2-7H,1H3. The van der Waals surface area contributed by atoms with Gasteiger partial charge in [-0.15, -0.1) is 0 Å². The van der Waals surface area contributed by atoms with Crippen LogP contribution in [0.2, 0.25) is 0 Å². The van der Waals surface area contributed by atoms with Crippen LogP contribution in [0.15, 0.2) is 40.9 Å². The largest absolute Gasteiger partial charge is 0.450 e. The van der Waals surface area contributed by atoms with Gasteiger partial charge in [0.15, 0.2) is 0 Å². The number of rotatable bonds is 3. The van der Waals surface area contributed by atoms with Crippen LogP contribution in [0.4, 0.5) is 10.1 Å². The molecule has 0 aliphatic rings. The molecule has 0 bridgehead atoms. The number of aryl methyl sites for hydroxylation is 1. The zero-order valence-corrected chi connectivity index (χ0v) is 11.5. The number of benzene rings is 2. The zero-order chi connectivity index (χ0) is 14.0. The Labute approximate surface area is 117 Å². The highest BCUT2D eigenvalue weighted by molar-refractivity contribution is 9.10. The molecule has 0 radical (unpaired) electrons. The first-order valence-corrected chi connectivity index (χ1v) is 6.14.